The fourth-order valence-electron chi connectivity index (χ4n) is 3.14. The molecule has 32 heavy (non-hydrogen) atoms. The zero-order chi connectivity index (χ0) is 22.3. The summed E-state index contributed by atoms with van der Waals surface area (Å²) >= 11 is 1.44. The SMILES string of the molecule is CC(=O)C(=O)Nc1cccc(Sc2ccnc(Nc3ccc(N4CCOCC4)cc3)n2)c1. The lowest BCUT2D eigenvalue weighted by atomic mass is 10.2. The Kier molecular flexibility index (Phi) is 6.98. The molecule has 1 amide bonds. The molecule has 2 heterocycles. The van der Waals surface area contributed by atoms with Crippen molar-refractivity contribution in [2.24, 2.45) is 0 Å². The Balaban J connectivity index is 1.40. The fourth-order valence-corrected chi connectivity index (χ4v) is 3.98. The van der Waals surface area contributed by atoms with E-state index in [9.17, 15) is 9.59 Å². The zero-order valence-corrected chi connectivity index (χ0v) is 18.4. The van der Waals surface area contributed by atoms with Gasteiger partial charge in [0.1, 0.15) is 5.03 Å². The molecule has 1 aliphatic heterocycles. The minimum absolute atomic E-state index is 0.496. The molecule has 0 spiro atoms. The van der Waals surface area contributed by atoms with Crippen molar-refractivity contribution in [3.8, 4) is 0 Å². The predicted octanol–water partition coefficient (Wildman–Crippen LogP) is 3.74. The molecule has 8 nitrogen and oxygen atoms in total. The van der Waals surface area contributed by atoms with Crippen LogP contribution in [0.2, 0.25) is 0 Å². The summed E-state index contributed by atoms with van der Waals surface area (Å²) in [6, 6.07) is 17.2. The molecule has 9 heteroatoms. The van der Waals surface area contributed by atoms with Crippen molar-refractivity contribution < 1.29 is 14.3 Å². The summed E-state index contributed by atoms with van der Waals surface area (Å²) in [6.07, 6.45) is 1.70. The van der Waals surface area contributed by atoms with Crippen LogP contribution in [0.1, 0.15) is 6.92 Å². The Hall–Kier alpha value is -3.43. The van der Waals surface area contributed by atoms with Gasteiger partial charge in [0.15, 0.2) is 0 Å². The number of amides is 1. The maximum Gasteiger partial charge on any atom is 0.291 e. The van der Waals surface area contributed by atoms with Crippen molar-refractivity contribution in [1.29, 1.82) is 0 Å². The third-order valence-corrected chi connectivity index (χ3v) is 5.69. The van der Waals surface area contributed by atoms with Gasteiger partial charge in [0.2, 0.25) is 11.7 Å². The number of carbonyl (C=O) groups is 2. The van der Waals surface area contributed by atoms with Gasteiger partial charge in [0.05, 0.1) is 13.2 Å². The summed E-state index contributed by atoms with van der Waals surface area (Å²) < 4.78 is 5.41. The number of hydrogen-bond donors (Lipinski definition) is 2. The molecule has 0 saturated carbocycles. The molecule has 0 aliphatic carbocycles. The molecule has 164 valence electrons. The number of benzene rings is 2. The van der Waals surface area contributed by atoms with Crippen LogP contribution in [0.25, 0.3) is 0 Å². The largest absolute Gasteiger partial charge is 0.378 e. The topological polar surface area (TPSA) is 96.5 Å². The summed E-state index contributed by atoms with van der Waals surface area (Å²) in [7, 11) is 0. The number of aromatic nitrogens is 2. The van der Waals surface area contributed by atoms with Crippen LogP contribution < -0.4 is 15.5 Å². The molecule has 1 aromatic heterocycles. The average molecular weight is 450 g/mol. The van der Waals surface area contributed by atoms with Crippen molar-refractivity contribution in [3.05, 3.63) is 60.8 Å². The lowest BCUT2D eigenvalue weighted by Crippen LogP contribution is -2.36. The lowest BCUT2D eigenvalue weighted by molar-refractivity contribution is -0.133. The van der Waals surface area contributed by atoms with Crippen LogP contribution in [-0.4, -0.2) is 48.0 Å². The number of Topliss-reactive ketones (excluding diaryl/α,β-unsaturated/α-hetero) is 1. The normalized spacial score (nSPS) is 13.5. The van der Waals surface area contributed by atoms with Crippen LogP contribution in [0.5, 0.6) is 0 Å². The Morgan fingerprint density at radius 3 is 2.56 bits per heavy atom. The molecule has 2 N–H and O–H groups in total. The fraction of sp³-hybridized carbons (Fsp3) is 0.217. The first-order valence-electron chi connectivity index (χ1n) is 10.2. The van der Waals surface area contributed by atoms with Gasteiger partial charge in [-0.25, -0.2) is 9.97 Å². The van der Waals surface area contributed by atoms with Crippen molar-refractivity contribution in [1.82, 2.24) is 9.97 Å². The molecule has 0 radical (unpaired) electrons. The number of nitrogens with zero attached hydrogens (tertiary/aromatic N) is 3. The summed E-state index contributed by atoms with van der Waals surface area (Å²) in [6.45, 7) is 4.54. The van der Waals surface area contributed by atoms with Gasteiger partial charge < -0.3 is 20.3 Å². The minimum atomic E-state index is -0.639. The van der Waals surface area contributed by atoms with Gasteiger partial charge >= 0.3 is 0 Å². The van der Waals surface area contributed by atoms with Gasteiger partial charge in [-0.05, 0) is 48.5 Å². The minimum Gasteiger partial charge on any atom is -0.378 e. The highest BCUT2D eigenvalue weighted by Crippen LogP contribution is 2.29. The summed E-state index contributed by atoms with van der Waals surface area (Å²) in [5.41, 5.74) is 2.63. The third-order valence-electron chi connectivity index (χ3n) is 4.76. The van der Waals surface area contributed by atoms with E-state index in [4.69, 9.17) is 4.74 Å². The summed E-state index contributed by atoms with van der Waals surface area (Å²) in [5, 5.41) is 6.57. The monoisotopic (exact) mass is 449 g/mol. The molecule has 1 saturated heterocycles. The van der Waals surface area contributed by atoms with Crippen LogP contribution in [0.4, 0.5) is 23.0 Å². The molecular formula is C23H23N5O3S. The quantitative estimate of drug-likeness (QED) is 0.416. The van der Waals surface area contributed by atoms with E-state index in [1.807, 2.05) is 30.3 Å². The molecule has 1 fully saturated rings. The van der Waals surface area contributed by atoms with Gasteiger partial charge in [-0.15, -0.1) is 0 Å². The number of anilines is 4. The zero-order valence-electron chi connectivity index (χ0n) is 17.6. The Bertz CT molecular complexity index is 1100. The Morgan fingerprint density at radius 1 is 1.03 bits per heavy atom. The molecule has 3 aromatic rings. The number of rotatable bonds is 7. The van der Waals surface area contributed by atoms with Gasteiger partial charge in [-0.2, -0.15) is 0 Å². The highest BCUT2D eigenvalue weighted by atomic mass is 32.2. The van der Waals surface area contributed by atoms with Crippen molar-refractivity contribution in [2.45, 2.75) is 16.8 Å². The van der Waals surface area contributed by atoms with Gasteiger partial charge in [-0.3, -0.25) is 9.59 Å². The maximum absolute atomic E-state index is 11.6. The number of ketones is 1. The smallest absolute Gasteiger partial charge is 0.291 e. The molecule has 0 atom stereocenters. The molecular weight excluding hydrogens is 426 g/mol. The standard InChI is InChI=1S/C23H23N5O3S/c1-16(29)22(30)25-18-3-2-4-20(15-18)32-21-9-10-24-23(27-21)26-17-5-7-19(8-6-17)28-11-13-31-14-12-28/h2-10,15H,11-14H2,1H3,(H,25,30)(H,24,26,27). The maximum atomic E-state index is 11.6. The molecule has 4 rings (SSSR count). The summed E-state index contributed by atoms with van der Waals surface area (Å²) in [5.74, 6) is -0.678. The van der Waals surface area contributed by atoms with E-state index in [1.165, 1.54) is 24.4 Å². The van der Waals surface area contributed by atoms with E-state index in [-0.39, 0.29) is 0 Å². The predicted molar refractivity (Wildman–Crippen MR) is 125 cm³/mol. The van der Waals surface area contributed by atoms with E-state index >= 15 is 0 Å². The van der Waals surface area contributed by atoms with Crippen LogP contribution in [0.3, 0.4) is 0 Å². The lowest BCUT2D eigenvalue weighted by Gasteiger charge is -2.28. The third kappa shape index (κ3) is 5.83. The van der Waals surface area contributed by atoms with Gasteiger partial charge in [-0.1, -0.05) is 17.8 Å². The second kappa shape index (κ2) is 10.3. The number of nitrogens with one attached hydrogen (secondary N) is 2. The highest BCUT2D eigenvalue weighted by molar-refractivity contribution is 7.99. The first kappa shape index (κ1) is 21.8. The van der Waals surface area contributed by atoms with Crippen LogP contribution in [0, 0.1) is 0 Å². The number of carbonyl (C=O) groups excluding carboxylic acids is 2. The first-order chi connectivity index (χ1) is 15.6. The number of ether oxygens (including phenoxy) is 1. The molecule has 0 unspecified atom stereocenters. The first-order valence-corrected chi connectivity index (χ1v) is 11.0. The van der Waals surface area contributed by atoms with Gasteiger partial charge in [0, 0.05) is 48.2 Å². The van der Waals surface area contributed by atoms with Crippen LogP contribution in [0.15, 0.2) is 70.7 Å². The van der Waals surface area contributed by atoms with E-state index in [0.717, 1.165) is 41.9 Å². The molecule has 2 aromatic carbocycles. The van der Waals surface area contributed by atoms with Crippen molar-refractivity contribution in [3.63, 3.8) is 0 Å². The van der Waals surface area contributed by atoms with Crippen LogP contribution >= 0.6 is 11.8 Å². The van der Waals surface area contributed by atoms with E-state index in [0.29, 0.717) is 11.6 Å². The van der Waals surface area contributed by atoms with Crippen LogP contribution in [-0.2, 0) is 14.3 Å². The second-order valence-corrected chi connectivity index (χ2v) is 8.22. The molecule has 1 aliphatic rings. The van der Waals surface area contributed by atoms with E-state index in [1.54, 1.807) is 18.3 Å². The number of morpholine rings is 1. The summed E-state index contributed by atoms with van der Waals surface area (Å²) in [4.78, 5) is 34.8. The van der Waals surface area contributed by atoms with E-state index < -0.39 is 11.7 Å². The van der Waals surface area contributed by atoms with Crippen molar-refractivity contribution >= 4 is 46.5 Å². The average Bonchev–Trinajstić information content (AvgIpc) is 2.80. The molecule has 0 bridgehead atoms. The van der Waals surface area contributed by atoms with E-state index in [2.05, 4.69) is 37.6 Å². The highest BCUT2D eigenvalue weighted by Gasteiger charge is 2.11. The Morgan fingerprint density at radius 2 is 1.81 bits per heavy atom. The van der Waals surface area contributed by atoms with Gasteiger partial charge in [0.25, 0.3) is 5.91 Å². The second-order valence-electron chi connectivity index (χ2n) is 7.13. The number of hydrogen-bond acceptors (Lipinski definition) is 8. The van der Waals surface area contributed by atoms with Crippen molar-refractivity contribution in [2.75, 3.05) is 41.8 Å². The Labute approximate surface area is 190 Å².